The van der Waals surface area contributed by atoms with E-state index < -0.39 is 9.84 Å². The Morgan fingerprint density at radius 1 is 1.38 bits per heavy atom. The lowest BCUT2D eigenvalue weighted by Gasteiger charge is -2.34. The van der Waals surface area contributed by atoms with Gasteiger partial charge in [-0.25, -0.2) is 8.42 Å². The molecular formula is C14H30N2O3S2. The molecule has 1 unspecified atom stereocenters. The first-order valence-corrected chi connectivity index (χ1v) is 10.7. The standard InChI is InChI=1S/C14H30N2O3S2/c1-4-21(17,18)14-12-20-11-9-16(14)8-7-15-6-5-10-19-13(2)3/h13-15H,4-12H2,1-3H3. The van der Waals surface area contributed by atoms with Crippen molar-refractivity contribution >= 4 is 21.6 Å². The summed E-state index contributed by atoms with van der Waals surface area (Å²) in [5.74, 6) is 1.96. The smallest absolute Gasteiger partial charge is 0.166 e. The lowest BCUT2D eigenvalue weighted by Crippen LogP contribution is -2.49. The fourth-order valence-electron chi connectivity index (χ4n) is 2.26. The largest absolute Gasteiger partial charge is 0.379 e. The molecule has 5 nitrogen and oxygen atoms in total. The minimum Gasteiger partial charge on any atom is -0.379 e. The van der Waals surface area contributed by atoms with Gasteiger partial charge in [0.25, 0.3) is 0 Å². The van der Waals surface area contributed by atoms with Crippen LogP contribution in [0.3, 0.4) is 0 Å². The quantitative estimate of drug-likeness (QED) is 0.604. The van der Waals surface area contributed by atoms with E-state index in [1.165, 1.54) is 0 Å². The Kier molecular flexibility index (Phi) is 9.20. The summed E-state index contributed by atoms with van der Waals surface area (Å²) in [6, 6.07) is 0. The van der Waals surface area contributed by atoms with Crippen LogP contribution in [0.2, 0.25) is 0 Å². The van der Waals surface area contributed by atoms with E-state index in [2.05, 4.69) is 10.2 Å². The molecule has 0 amide bonds. The number of hydrogen-bond donors (Lipinski definition) is 1. The lowest BCUT2D eigenvalue weighted by molar-refractivity contribution is 0.0770. The van der Waals surface area contributed by atoms with Crippen LogP contribution in [-0.4, -0.2) is 74.8 Å². The van der Waals surface area contributed by atoms with Crippen molar-refractivity contribution in [2.45, 2.75) is 38.7 Å². The number of nitrogens with one attached hydrogen (secondary N) is 1. The van der Waals surface area contributed by atoms with Gasteiger partial charge in [-0.1, -0.05) is 6.92 Å². The van der Waals surface area contributed by atoms with Crippen LogP contribution in [0.25, 0.3) is 0 Å². The van der Waals surface area contributed by atoms with Crippen molar-refractivity contribution in [1.29, 1.82) is 0 Å². The Morgan fingerprint density at radius 3 is 2.81 bits per heavy atom. The molecule has 0 bridgehead atoms. The average molecular weight is 339 g/mol. The highest BCUT2D eigenvalue weighted by Crippen LogP contribution is 2.20. The third-order valence-corrected chi connectivity index (χ3v) is 6.86. The number of ether oxygens (including phenoxy) is 1. The van der Waals surface area contributed by atoms with Crippen molar-refractivity contribution in [2.24, 2.45) is 0 Å². The Balaban J connectivity index is 2.23. The predicted molar refractivity (Wildman–Crippen MR) is 90.7 cm³/mol. The number of thioether (sulfide) groups is 1. The molecule has 0 aromatic heterocycles. The highest BCUT2D eigenvalue weighted by molar-refractivity contribution is 8.01. The maximum Gasteiger partial charge on any atom is 0.166 e. The minimum atomic E-state index is -2.97. The summed E-state index contributed by atoms with van der Waals surface area (Å²) in [6.45, 7) is 10.0. The van der Waals surface area contributed by atoms with E-state index in [1.807, 2.05) is 13.8 Å². The second kappa shape index (κ2) is 10.0. The summed E-state index contributed by atoms with van der Waals surface area (Å²) in [4.78, 5) is 2.12. The van der Waals surface area contributed by atoms with Crippen LogP contribution < -0.4 is 5.32 Å². The molecule has 1 atom stereocenters. The molecule has 1 saturated heterocycles. The summed E-state index contributed by atoms with van der Waals surface area (Å²) in [7, 11) is -2.97. The Morgan fingerprint density at radius 2 is 2.14 bits per heavy atom. The highest BCUT2D eigenvalue weighted by Gasteiger charge is 2.32. The third-order valence-electron chi connectivity index (χ3n) is 3.53. The van der Waals surface area contributed by atoms with Gasteiger partial charge in [0.15, 0.2) is 9.84 Å². The number of sulfone groups is 1. The van der Waals surface area contributed by atoms with Crippen molar-refractivity contribution in [3.05, 3.63) is 0 Å². The van der Waals surface area contributed by atoms with Crippen molar-refractivity contribution in [2.75, 3.05) is 50.0 Å². The molecule has 0 aliphatic carbocycles. The van der Waals surface area contributed by atoms with Gasteiger partial charge < -0.3 is 10.1 Å². The zero-order valence-corrected chi connectivity index (χ0v) is 15.1. The van der Waals surface area contributed by atoms with E-state index in [4.69, 9.17) is 4.74 Å². The molecule has 0 spiro atoms. The average Bonchev–Trinajstić information content (AvgIpc) is 2.46. The first-order valence-electron chi connectivity index (χ1n) is 7.83. The first kappa shape index (κ1) is 19.2. The number of hydrogen-bond acceptors (Lipinski definition) is 6. The molecule has 0 saturated carbocycles. The SMILES string of the molecule is CCS(=O)(=O)C1CSCCN1CCNCCCOC(C)C. The van der Waals surface area contributed by atoms with Gasteiger partial charge in [-0.05, 0) is 26.8 Å². The molecule has 0 aromatic carbocycles. The van der Waals surface area contributed by atoms with Crippen LogP contribution in [0.5, 0.6) is 0 Å². The molecule has 1 fully saturated rings. The van der Waals surface area contributed by atoms with E-state index in [9.17, 15) is 8.42 Å². The van der Waals surface area contributed by atoms with E-state index in [-0.39, 0.29) is 17.2 Å². The van der Waals surface area contributed by atoms with E-state index in [0.717, 1.165) is 45.0 Å². The molecule has 126 valence electrons. The van der Waals surface area contributed by atoms with E-state index >= 15 is 0 Å². The van der Waals surface area contributed by atoms with Crippen LogP contribution in [0.1, 0.15) is 27.2 Å². The minimum absolute atomic E-state index is 0.231. The van der Waals surface area contributed by atoms with Crippen molar-refractivity contribution in [3.63, 3.8) is 0 Å². The monoisotopic (exact) mass is 338 g/mol. The molecule has 0 aromatic rings. The van der Waals surface area contributed by atoms with Gasteiger partial charge in [0.1, 0.15) is 5.37 Å². The van der Waals surface area contributed by atoms with E-state index in [1.54, 1.807) is 18.7 Å². The molecule has 1 heterocycles. The molecule has 1 aliphatic rings. The zero-order chi connectivity index (χ0) is 15.7. The fourth-order valence-corrected chi connectivity index (χ4v) is 5.37. The van der Waals surface area contributed by atoms with Crippen LogP contribution in [0.4, 0.5) is 0 Å². The van der Waals surface area contributed by atoms with Crippen molar-refractivity contribution in [1.82, 2.24) is 10.2 Å². The van der Waals surface area contributed by atoms with E-state index in [0.29, 0.717) is 5.75 Å². The first-order chi connectivity index (χ1) is 9.97. The maximum absolute atomic E-state index is 12.1. The molecule has 7 heteroatoms. The van der Waals surface area contributed by atoms with Gasteiger partial charge in [-0.3, -0.25) is 4.90 Å². The van der Waals surface area contributed by atoms with Gasteiger partial charge >= 0.3 is 0 Å². The molecule has 0 radical (unpaired) electrons. The van der Waals surface area contributed by atoms with Crippen LogP contribution >= 0.6 is 11.8 Å². The van der Waals surface area contributed by atoms with Crippen molar-refractivity contribution < 1.29 is 13.2 Å². The van der Waals surface area contributed by atoms with Crippen LogP contribution in [0, 0.1) is 0 Å². The fraction of sp³-hybridized carbons (Fsp3) is 1.00. The van der Waals surface area contributed by atoms with Gasteiger partial charge in [0, 0.05) is 43.5 Å². The molecular weight excluding hydrogens is 308 g/mol. The molecule has 1 N–H and O–H groups in total. The van der Waals surface area contributed by atoms with Crippen LogP contribution in [-0.2, 0) is 14.6 Å². The Hall–Kier alpha value is 0.180. The Labute approximate surface area is 134 Å². The maximum atomic E-state index is 12.1. The molecule has 21 heavy (non-hydrogen) atoms. The van der Waals surface area contributed by atoms with Gasteiger partial charge in [0.05, 0.1) is 6.10 Å². The van der Waals surface area contributed by atoms with Gasteiger partial charge in [-0.2, -0.15) is 11.8 Å². The van der Waals surface area contributed by atoms with Gasteiger partial charge in [0.2, 0.25) is 0 Å². The summed E-state index contributed by atoms with van der Waals surface area (Å²) in [5, 5.41) is 3.07. The second-order valence-electron chi connectivity index (χ2n) is 5.54. The number of rotatable bonds is 10. The van der Waals surface area contributed by atoms with Crippen molar-refractivity contribution in [3.8, 4) is 0 Å². The molecule has 1 rings (SSSR count). The third kappa shape index (κ3) is 7.32. The summed E-state index contributed by atoms with van der Waals surface area (Å²) in [5.41, 5.74) is 0. The van der Waals surface area contributed by atoms with Gasteiger partial charge in [-0.15, -0.1) is 0 Å². The predicted octanol–water partition coefficient (Wildman–Crippen LogP) is 1.20. The Bertz CT molecular complexity index is 374. The topological polar surface area (TPSA) is 58.6 Å². The second-order valence-corrected chi connectivity index (χ2v) is 9.14. The lowest BCUT2D eigenvalue weighted by atomic mass is 10.4. The zero-order valence-electron chi connectivity index (χ0n) is 13.5. The highest BCUT2D eigenvalue weighted by atomic mass is 32.2. The summed E-state index contributed by atoms with van der Waals surface area (Å²) >= 11 is 1.74. The normalized spacial score (nSPS) is 21.0. The summed E-state index contributed by atoms with van der Waals surface area (Å²) in [6.07, 6.45) is 1.28. The number of nitrogens with zero attached hydrogens (tertiary/aromatic N) is 1. The molecule has 1 aliphatic heterocycles. The van der Waals surface area contributed by atoms with Crippen LogP contribution in [0.15, 0.2) is 0 Å². The summed E-state index contributed by atoms with van der Waals surface area (Å²) < 4.78 is 29.7.